The average molecular weight is 810 g/mol. The average Bonchev–Trinajstić information content (AvgIpc) is 3.90. The lowest BCUT2D eigenvalue weighted by Crippen LogP contribution is -2.04. The molecule has 0 fully saturated rings. The SMILES string of the molecule is O=c1[nH]cnc2nn(Cc3ccccc3Br)cc12.O=c1[nH]cnc2nn(Cc3ccccc3Cl)cc12.O=c1[nH]cnc2nn(Cc3ccccc3F)cc12. The third-order valence-corrected chi connectivity index (χ3v) is 9.12. The number of hydrogen-bond acceptors (Lipinski definition) is 9. The van der Waals surface area contributed by atoms with Crippen LogP contribution >= 0.6 is 27.5 Å². The summed E-state index contributed by atoms with van der Waals surface area (Å²) in [6, 6.07) is 21.9. The highest BCUT2D eigenvalue weighted by Gasteiger charge is 2.10. The number of aromatic amines is 3. The van der Waals surface area contributed by atoms with Gasteiger partial charge in [0.1, 0.15) is 22.0 Å². The van der Waals surface area contributed by atoms with E-state index in [2.05, 4.69) is 61.1 Å². The predicted molar refractivity (Wildman–Crippen MR) is 204 cm³/mol. The second kappa shape index (κ2) is 16.0. The molecule has 9 aromatic rings. The predicted octanol–water partition coefficient (Wildman–Crippen LogP) is 5.06. The molecule has 6 aromatic heterocycles. The zero-order valence-electron chi connectivity index (χ0n) is 27.9. The van der Waals surface area contributed by atoms with E-state index in [9.17, 15) is 18.8 Å². The van der Waals surface area contributed by atoms with Gasteiger partial charge in [-0.1, -0.05) is 82.1 Å². The van der Waals surface area contributed by atoms with Crippen LogP contribution in [0.15, 0.2) is 129 Å². The summed E-state index contributed by atoms with van der Waals surface area (Å²) in [5.74, 6) is -0.293. The van der Waals surface area contributed by atoms with Gasteiger partial charge < -0.3 is 15.0 Å². The summed E-state index contributed by atoms with van der Waals surface area (Å²) in [6.45, 7) is 1.37. The van der Waals surface area contributed by atoms with E-state index in [-0.39, 0.29) is 29.0 Å². The normalized spacial score (nSPS) is 10.9. The van der Waals surface area contributed by atoms with Crippen LogP contribution in [0.3, 0.4) is 0 Å². The number of hydrogen-bond donors (Lipinski definition) is 3. The lowest BCUT2D eigenvalue weighted by atomic mass is 10.2. The van der Waals surface area contributed by atoms with Crippen LogP contribution in [0.5, 0.6) is 0 Å². The van der Waals surface area contributed by atoms with Gasteiger partial charge in [0.2, 0.25) is 0 Å². The van der Waals surface area contributed by atoms with Gasteiger partial charge >= 0.3 is 0 Å². The van der Waals surface area contributed by atoms with Gasteiger partial charge in [0, 0.05) is 33.6 Å². The molecule has 0 amide bonds. The molecule has 0 unspecified atom stereocenters. The molecule has 0 aliphatic rings. The quantitative estimate of drug-likeness (QED) is 0.206. The van der Waals surface area contributed by atoms with Crippen molar-refractivity contribution in [1.82, 2.24) is 59.2 Å². The van der Waals surface area contributed by atoms with Crippen LogP contribution in [-0.2, 0) is 19.6 Å². The zero-order chi connectivity index (χ0) is 37.6. The summed E-state index contributed by atoms with van der Waals surface area (Å²) in [7, 11) is 0. The van der Waals surface area contributed by atoms with Crippen molar-refractivity contribution >= 4 is 60.6 Å². The first-order chi connectivity index (χ1) is 26.2. The standard InChI is InChI=1S/C12H9BrN4O.C12H9ClN4O.C12H9FN4O/c3*13-10-4-2-1-3-8(10)5-17-6-9-11(16-17)14-7-15-12(9)18/h3*1-4,6-7H,5H2,(H,14,15,16,18). The molecule has 54 heavy (non-hydrogen) atoms. The highest BCUT2D eigenvalue weighted by atomic mass is 79.9. The summed E-state index contributed by atoms with van der Waals surface area (Å²) in [5.41, 5.74) is 3.21. The fourth-order valence-corrected chi connectivity index (χ4v) is 5.94. The monoisotopic (exact) mass is 808 g/mol. The molecule has 0 aliphatic carbocycles. The number of nitrogens with zero attached hydrogens (tertiary/aromatic N) is 9. The number of H-pyrrole nitrogens is 3. The molecule has 18 heteroatoms. The molecular weight excluding hydrogens is 783 g/mol. The van der Waals surface area contributed by atoms with Crippen molar-refractivity contribution < 1.29 is 4.39 Å². The van der Waals surface area contributed by atoms with E-state index in [4.69, 9.17) is 11.6 Å². The highest BCUT2D eigenvalue weighted by Crippen LogP contribution is 2.18. The fourth-order valence-electron chi connectivity index (χ4n) is 5.34. The molecule has 0 bridgehead atoms. The van der Waals surface area contributed by atoms with Crippen LogP contribution in [0, 0.1) is 5.82 Å². The van der Waals surface area contributed by atoms with Crippen molar-refractivity contribution in [3.05, 3.63) is 173 Å². The second-order valence-electron chi connectivity index (χ2n) is 11.7. The minimum atomic E-state index is -0.293. The first kappa shape index (κ1) is 35.8. The van der Waals surface area contributed by atoms with Gasteiger partial charge in [0.05, 0.1) is 38.6 Å². The van der Waals surface area contributed by atoms with Gasteiger partial charge in [0.25, 0.3) is 16.7 Å². The largest absolute Gasteiger partial charge is 0.312 e. The molecular formula is C36H27BrClFN12O3. The van der Waals surface area contributed by atoms with Gasteiger partial charge in [-0.25, -0.2) is 19.3 Å². The molecule has 0 saturated carbocycles. The van der Waals surface area contributed by atoms with Crippen molar-refractivity contribution in [1.29, 1.82) is 0 Å². The van der Waals surface area contributed by atoms with Crippen LogP contribution in [0.2, 0.25) is 5.02 Å². The molecule has 6 heterocycles. The van der Waals surface area contributed by atoms with Gasteiger partial charge in [-0.15, -0.1) is 0 Å². The number of rotatable bonds is 6. The number of nitrogens with one attached hydrogen (secondary N) is 3. The van der Waals surface area contributed by atoms with Crippen molar-refractivity contribution in [3.8, 4) is 0 Å². The van der Waals surface area contributed by atoms with E-state index in [1.54, 1.807) is 46.2 Å². The molecule has 0 atom stereocenters. The number of halogens is 3. The van der Waals surface area contributed by atoms with Crippen LogP contribution in [0.1, 0.15) is 16.7 Å². The van der Waals surface area contributed by atoms with Gasteiger partial charge in [-0.2, -0.15) is 15.3 Å². The second-order valence-corrected chi connectivity index (χ2v) is 12.9. The molecule has 3 aromatic carbocycles. The van der Waals surface area contributed by atoms with E-state index < -0.39 is 0 Å². The minimum absolute atomic E-state index is 0.168. The van der Waals surface area contributed by atoms with Crippen molar-refractivity contribution in [2.24, 2.45) is 0 Å². The highest BCUT2D eigenvalue weighted by molar-refractivity contribution is 9.10. The first-order valence-corrected chi connectivity index (χ1v) is 17.3. The number of benzene rings is 3. The molecule has 9 rings (SSSR count). The smallest absolute Gasteiger partial charge is 0.261 e. The van der Waals surface area contributed by atoms with Crippen LogP contribution in [0.4, 0.5) is 4.39 Å². The fraction of sp³-hybridized carbons (Fsp3) is 0.0833. The lowest BCUT2D eigenvalue weighted by molar-refractivity contribution is 0.586. The molecule has 0 radical (unpaired) electrons. The van der Waals surface area contributed by atoms with E-state index in [0.717, 1.165) is 15.6 Å². The van der Waals surface area contributed by atoms with E-state index in [0.29, 0.717) is 56.8 Å². The first-order valence-electron chi connectivity index (χ1n) is 16.1. The van der Waals surface area contributed by atoms with Crippen molar-refractivity contribution in [3.63, 3.8) is 0 Å². The van der Waals surface area contributed by atoms with Crippen molar-refractivity contribution in [2.45, 2.75) is 19.6 Å². The third-order valence-electron chi connectivity index (χ3n) is 7.98. The molecule has 0 saturated heterocycles. The number of fused-ring (bicyclic) bond motifs is 3. The van der Waals surface area contributed by atoms with Crippen LogP contribution < -0.4 is 16.7 Å². The van der Waals surface area contributed by atoms with Crippen LogP contribution in [-0.4, -0.2) is 59.2 Å². The molecule has 3 N–H and O–H groups in total. The van der Waals surface area contributed by atoms with Crippen LogP contribution in [0.25, 0.3) is 33.1 Å². The molecule has 0 spiro atoms. The molecule has 0 aliphatic heterocycles. The molecule has 15 nitrogen and oxygen atoms in total. The van der Waals surface area contributed by atoms with E-state index >= 15 is 0 Å². The summed E-state index contributed by atoms with van der Waals surface area (Å²) in [4.78, 5) is 54.1. The Balaban J connectivity index is 0.000000125. The van der Waals surface area contributed by atoms with E-state index in [1.165, 1.54) is 29.7 Å². The number of aromatic nitrogens is 12. The Labute approximate surface area is 316 Å². The summed E-state index contributed by atoms with van der Waals surface area (Å²) >= 11 is 9.57. The Morgan fingerprint density at radius 1 is 0.556 bits per heavy atom. The van der Waals surface area contributed by atoms with Crippen molar-refractivity contribution in [2.75, 3.05) is 0 Å². The summed E-state index contributed by atoms with van der Waals surface area (Å²) in [6.07, 6.45) is 8.95. The maximum atomic E-state index is 13.5. The Morgan fingerprint density at radius 2 is 0.944 bits per heavy atom. The van der Waals surface area contributed by atoms with Gasteiger partial charge in [-0.05, 0) is 29.3 Å². The summed E-state index contributed by atoms with van der Waals surface area (Å²) < 4.78 is 19.4. The van der Waals surface area contributed by atoms with Gasteiger partial charge in [-0.3, -0.25) is 28.4 Å². The Morgan fingerprint density at radius 3 is 1.39 bits per heavy atom. The molecule has 270 valence electrons. The minimum Gasteiger partial charge on any atom is -0.312 e. The zero-order valence-corrected chi connectivity index (χ0v) is 30.2. The Bertz CT molecular complexity index is 2600. The maximum Gasteiger partial charge on any atom is 0.261 e. The maximum absolute atomic E-state index is 13.5. The van der Waals surface area contributed by atoms with E-state index in [1.807, 2.05) is 48.5 Å². The summed E-state index contributed by atoms with van der Waals surface area (Å²) in [5, 5.41) is 14.7. The van der Waals surface area contributed by atoms with Gasteiger partial charge in [0.15, 0.2) is 16.9 Å². The third kappa shape index (κ3) is 8.22. The topological polar surface area (TPSA) is 191 Å². The lowest BCUT2D eigenvalue weighted by Gasteiger charge is -2.03. The Kier molecular flexibility index (Phi) is 10.6. The Hall–Kier alpha value is -6.59.